The zero-order chi connectivity index (χ0) is 10.8. The quantitative estimate of drug-likeness (QED) is 0.795. The topological polar surface area (TPSA) is 49.8 Å². The third-order valence-corrected chi connectivity index (χ3v) is 3.31. The van der Waals surface area contributed by atoms with Gasteiger partial charge >= 0.3 is 6.09 Å². The molecular weight excluding hydrogens is 214 g/mol. The number of aliphatic hydroxyl groups excluding tert-OH is 1. The second-order valence-corrected chi connectivity index (χ2v) is 4.40. The Morgan fingerprint density at radius 3 is 3.33 bits per heavy atom. The predicted octanol–water partition coefficient (Wildman–Crippen LogP) is 1.75. The summed E-state index contributed by atoms with van der Waals surface area (Å²) in [5.41, 5.74) is 0.945. The summed E-state index contributed by atoms with van der Waals surface area (Å²) < 4.78 is 4.90. The van der Waals surface area contributed by atoms with Gasteiger partial charge in [-0.25, -0.2) is 4.79 Å². The van der Waals surface area contributed by atoms with Crippen molar-refractivity contribution in [3.63, 3.8) is 0 Å². The Hall–Kier alpha value is -1.07. The fourth-order valence-electron chi connectivity index (χ4n) is 1.67. The summed E-state index contributed by atoms with van der Waals surface area (Å²) in [7, 11) is 0. The molecule has 0 spiro atoms. The highest BCUT2D eigenvalue weighted by Gasteiger charge is 2.28. The molecule has 0 fully saturated rings. The average molecular weight is 227 g/mol. The molecule has 1 amide bonds. The molecule has 2 rings (SSSR count). The van der Waals surface area contributed by atoms with Crippen LogP contribution >= 0.6 is 11.3 Å². The van der Waals surface area contributed by atoms with Crippen LogP contribution in [-0.4, -0.2) is 29.3 Å². The number of hydrogen-bond donors (Lipinski definition) is 1. The minimum atomic E-state index is -0.579. The number of rotatable bonds is 1. The van der Waals surface area contributed by atoms with Crippen LogP contribution in [0.4, 0.5) is 4.79 Å². The van der Waals surface area contributed by atoms with Crippen molar-refractivity contribution in [2.75, 3.05) is 13.2 Å². The van der Waals surface area contributed by atoms with E-state index < -0.39 is 6.10 Å². The zero-order valence-corrected chi connectivity index (χ0v) is 9.29. The van der Waals surface area contributed by atoms with Crippen LogP contribution < -0.4 is 0 Å². The predicted molar refractivity (Wildman–Crippen MR) is 56.7 cm³/mol. The second-order valence-electron chi connectivity index (χ2n) is 3.39. The van der Waals surface area contributed by atoms with Gasteiger partial charge in [-0.15, -0.1) is 11.3 Å². The van der Waals surface area contributed by atoms with E-state index in [9.17, 15) is 9.90 Å². The first-order valence-corrected chi connectivity index (χ1v) is 5.76. The number of β-amino-alcohol motifs (C(OH)–C–C–N with tert-alkyl or cyclic N) is 1. The van der Waals surface area contributed by atoms with Crippen molar-refractivity contribution >= 4 is 17.4 Å². The first kappa shape index (κ1) is 10.4. The minimum absolute atomic E-state index is 0.322. The fourth-order valence-corrected chi connectivity index (χ4v) is 2.62. The van der Waals surface area contributed by atoms with Crippen LogP contribution in [0, 0.1) is 0 Å². The van der Waals surface area contributed by atoms with Gasteiger partial charge in [-0.2, -0.15) is 0 Å². The zero-order valence-electron chi connectivity index (χ0n) is 8.47. The molecule has 1 atom stereocenters. The molecule has 1 aromatic rings. The van der Waals surface area contributed by atoms with Gasteiger partial charge in [0.1, 0.15) is 0 Å². The van der Waals surface area contributed by atoms with Crippen molar-refractivity contribution < 1.29 is 14.6 Å². The van der Waals surface area contributed by atoms with Crippen molar-refractivity contribution in [1.82, 2.24) is 4.90 Å². The lowest BCUT2D eigenvalue weighted by molar-refractivity contribution is 0.0644. The smallest absolute Gasteiger partial charge is 0.410 e. The Balaban J connectivity index is 2.12. The van der Waals surface area contributed by atoms with Crippen LogP contribution in [0.2, 0.25) is 0 Å². The molecule has 1 aliphatic heterocycles. The van der Waals surface area contributed by atoms with Crippen molar-refractivity contribution in [2.24, 2.45) is 0 Å². The van der Waals surface area contributed by atoms with Crippen molar-refractivity contribution in [1.29, 1.82) is 0 Å². The third-order valence-electron chi connectivity index (χ3n) is 2.39. The first-order valence-electron chi connectivity index (χ1n) is 4.88. The Labute approximate surface area is 92.1 Å². The molecule has 1 aliphatic rings. The van der Waals surface area contributed by atoms with E-state index in [1.807, 2.05) is 11.4 Å². The number of thiophene rings is 1. The van der Waals surface area contributed by atoms with Crippen molar-refractivity contribution in [2.45, 2.75) is 19.6 Å². The maximum absolute atomic E-state index is 11.5. The molecule has 2 heterocycles. The van der Waals surface area contributed by atoms with Crippen LogP contribution in [0.25, 0.3) is 0 Å². The van der Waals surface area contributed by atoms with E-state index in [1.165, 1.54) is 4.90 Å². The van der Waals surface area contributed by atoms with Crippen molar-refractivity contribution in [3.05, 3.63) is 21.9 Å². The van der Waals surface area contributed by atoms with E-state index in [2.05, 4.69) is 0 Å². The van der Waals surface area contributed by atoms with E-state index in [0.717, 1.165) is 10.4 Å². The van der Waals surface area contributed by atoms with E-state index in [-0.39, 0.29) is 6.09 Å². The molecule has 0 aliphatic carbocycles. The summed E-state index contributed by atoms with van der Waals surface area (Å²) in [6.07, 6.45) is -0.931. The Morgan fingerprint density at radius 1 is 1.80 bits per heavy atom. The van der Waals surface area contributed by atoms with Crippen molar-refractivity contribution in [3.8, 4) is 0 Å². The normalized spacial score (nSPS) is 19.9. The molecular formula is C10H13NO3S. The number of amides is 1. The van der Waals surface area contributed by atoms with E-state index in [1.54, 1.807) is 18.3 Å². The van der Waals surface area contributed by atoms with Gasteiger partial charge in [0.05, 0.1) is 25.8 Å². The summed E-state index contributed by atoms with van der Waals surface area (Å²) in [5.74, 6) is 0. The Morgan fingerprint density at radius 2 is 2.60 bits per heavy atom. The van der Waals surface area contributed by atoms with Gasteiger partial charge in [0, 0.05) is 4.88 Å². The second kappa shape index (κ2) is 4.20. The molecule has 0 bridgehead atoms. The van der Waals surface area contributed by atoms with E-state index in [4.69, 9.17) is 4.74 Å². The fraction of sp³-hybridized carbons (Fsp3) is 0.500. The summed E-state index contributed by atoms with van der Waals surface area (Å²) >= 11 is 1.56. The summed E-state index contributed by atoms with van der Waals surface area (Å²) in [6.45, 7) is 3.00. The SMILES string of the molecule is CCOC(=O)N1Cc2sccc2C(O)C1. The number of carbonyl (C=O) groups excluding carboxylic acids is 1. The molecule has 4 nitrogen and oxygen atoms in total. The molecule has 1 N–H and O–H groups in total. The monoisotopic (exact) mass is 227 g/mol. The summed E-state index contributed by atoms with van der Waals surface area (Å²) in [6, 6.07) is 1.91. The largest absolute Gasteiger partial charge is 0.450 e. The highest BCUT2D eigenvalue weighted by molar-refractivity contribution is 7.10. The molecule has 5 heteroatoms. The van der Waals surface area contributed by atoms with Gasteiger partial charge in [-0.3, -0.25) is 0 Å². The maximum Gasteiger partial charge on any atom is 0.410 e. The number of aliphatic hydroxyl groups is 1. The number of nitrogens with zero attached hydrogens (tertiary/aromatic N) is 1. The molecule has 0 aromatic carbocycles. The van der Waals surface area contributed by atoms with E-state index in [0.29, 0.717) is 19.7 Å². The van der Waals surface area contributed by atoms with Crippen LogP contribution in [0.5, 0.6) is 0 Å². The molecule has 0 saturated heterocycles. The number of ether oxygens (including phenoxy) is 1. The molecule has 1 aromatic heterocycles. The maximum atomic E-state index is 11.5. The molecule has 15 heavy (non-hydrogen) atoms. The molecule has 1 unspecified atom stereocenters. The van der Waals surface area contributed by atoms with E-state index >= 15 is 0 Å². The standard InChI is InChI=1S/C10H13NO3S/c1-2-14-10(13)11-5-8(12)7-3-4-15-9(7)6-11/h3-4,8,12H,2,5-6H2,1H3. The Kier molecular flexibility index (Phi) is 2.93. The lowest BCUT2D eigenvalue weighted by Crippen LogP contribution is -2.37. The van der Waals surface area contributed by atoms with Gasteiger partial charge in [0.2, 0.25) is 0 Å². The third kappa shape index (κ3) is 1.98. The Bertz CT molecular complexity index is 363. The molecule has 0 saturated carbocycles. The number of carbonyl (C=O) groups is 1. The average Bonchev–Trinajstić information content (AvgIpc) is 2.66. The highest BCUT2D eigenvalue weighted by Crippen LogP contribution is 2.30. The van der Waals surface area contributed by atoms with Gasteiger partial charge < -0.3 is 14.7 Å². The van der Waals surface area contributed by atoms with Crippen LogP contribution in [0.1, 0.15) is 23.5 Å². The van der Waals surface area contributed by atoms with Gasteiger partial charge in [0.25, 0.3) is 0 Å². The first-order chi connectivity index (χ1) is 7.22. The van der Waals surface area contributed by atoms with Crippen LogP contribution in [0.15, 0.2) is 11.4 Å². The van der Waals surface area contributed by atoms with Gasteiger partial charge in [-0.05, 0) is 23.9 Å². The van der Waals surface area contributed by atoms with Crippen LogP contribution in [0.3, 0.4) is 0 Å². The highest BCUT2D eigenvalue weighted by atomic mass is 32.1. The summed E-state index contributed by atoms with van der Waals surface area (Å²) in [4.78, 5) is 14.1. The number of fused-ring (bicyclic) bond motifs is 1. The molecule has 82 valence electrons. The minimum Gasteiger partial charge on any atom is -0.450 e. The van der Waals surface area contributed by atoms with Gasteiger partial charge in [-0.1, -0.05) is 0 Å². The molecule has 0 radical (unpaired) electrons. The van der Waals surface area contributed by atoms with Gasteiger partial charge in [0.15, 0.2) is 0 Å². The number of hydrogen-bond acceptors (Lipinski definition) is 4. The lowest BCUT2D eigenvalue weighted by atomic mass is 10.1. The lowest BCUT2D eigenvalue weighted by Gasteiger charge is -2.29. The van der Waals surface area contributed by atoms with Crippen LogP contribution in [-0.2, 0) is 11.3 Å². The summed E-state index contributed by atoms with van der Waals surface area (Å²) in [5, 5.41) is 11.7.